The van der Waals surface area contributed by atoms with Gasteiger partial charge in [0.05, 0.1) is 13.2 Å². The maximum absolute atomic E-state index is 11.4. The average Bonchev–Trinajstić information content (AvgIpc) is 2.68. The summed E-state index contributed by atoms with van der Waals surface area (Å²) in [6, 6.07) is 0. The van der Waals surface area contributed by atoms with Crippen LogP contribution in [0.25, 0.3) is 0 Å². The number of nitrogens with one attached hydrogen (secondary N) is 1. The molecule has 0 aliphatic carbocycles. The lowest BCUT2D eigenvalue weighted by Crippen LogP contribution is -2.56. The highest BCUT2D eigenvalue weighted by atomic mass is 16.5. The summed E-state index contributed by atoms with van der Waals surface area (Å²) in [6.45, 7) is 0.720. The zero-order valence-corrected chi connectivity index (χ0v) is 8.90. The maximum Gasteiger partial charge on any atom is 0.331 e. The van der Waals surface area contributed by atoms with E-state index in [1.165, 1.54) is 0 Å². The van der Waals surface area contributed by atoms with Crippen molar-refractivity contribution in [3.8, 4) is 0 Å². The van der Waals surface area contributed by atoms with E-state index in [4.69, 9.17) is 20.3 Å². The molecule has 1 atom stereocenters. The van der Waals surface area contributed by atoms with Gasteiger partial charge in [0.15, 0.2) is 5.54 Å². The molecule has 16 heavy (non-hydrogen) atoms. The van der Waals surface area contributed by atoms with Crippen LogP contribution in [0.1, 0.15) is 6.42 Å². The van der Waals surface area contributed by atoms with E-state index in [0.29, 0.717) is 13.2 Å². The zero-order chi connectivity index (χ0) is 12.0. The molecular formula is C9H16N2O5. The molecule has 0 spiro atoms. The summed E-state index contributed by atoms with van der Waals surface area (Å²) in [5.74, 6) is -1.56. The molecule has 7 heteroatoms. The minimum Gasteiger partial charge on any atom is -0.479 e. The lowest BCUT2D eigenvalue weighted by molar-refractivity contribution is -0.148. The van der Waals surface area contributed by atoms with Gasteiger partial charge in [-0.3, -0.25) is 4.79 Å². The van der Waals surface area contributed by atoms with Crippen LogP contribution in [0, 0.1) is 0 Å². The predicted octanol–water partition coefficient (Wildman–Crippen LogP) is -1.68. The highest BCUT2D eigenvalue weighted by Crippen LogP contribution is 2.18. The number of carbonyl (C=O) groups is 2. The minimum atomic E-state index is -1.30. The van der Waals surface area contributed by atoms with Gasteiger partial charge in [-0.05, 0) is 0 Å². The molecule has 4 N–H and O–H groups in total. The van der Waals surface area contributed by atoms with Crippen molar-refractivity contribution in [1.29, 1.82) is 0 Å². The first-order valence-electron chi connectivity index (χ1n) is 5.01. The van der Waals surface area contributed by atoms with Crippen molar-refractivity contribution in [1.82, 2.24) is 5.32 Å². The van der Waals surface area contributed by atoms with Crippen LogP contribution in [0.3, 0.4) is 0 Å². The van der Waals surface area contributed by atoms with E-state index in [1.54, 1.807) is 0 Å². The molecule has 0 aromatic rings. The van der Waals surface area contributed by atoms with Crippen molar-refractivity contribution >= 4 is 11.9 Å². The van der Waals surface area contributed by atoms with Gasteiger partial charge in [0, 0.05) is 19.6 Å². The molecule has 7 nitrogen and oxygen atoms in total. The Kier molecular flexibility index (Phi) is 4.66. The highest BCUT2D eigenvalue weighted by Gasteiger charge is 2.43. The number of nitrogens with two attached hydrogens (primary N) is 1. The van der Waals surface area contributed by atoms with E-state index in [9.17, 15) is 9.59 Å². The SMILES string of the molecule is NCCOCC(=O)NC1(C(=O)O)CCOC1. The molecule has 1 fully saturated rings. The lowest BCUT2D eigenvalue weighted by atomic mass is 9.99. The van der Waals surface area contributed by atoms with E-state index in [1.807, 2.05) is 0 Å². The Labute approximate surface area is 92.9 Å². The quantitative estimate of drug-likeness (QED) is 0.472. The molecular weight excluding hydrogens is 216 g/mol. The Morgan fingerprint density at radius 3 is 2.81 bits per heavy atom. The van der Waals surface area contributed by atoms with E-state index in [2.05, 4.69) is 5.32 Å². The summed E-state index contributed by atoms with van der Waals surface area (Å²) >= 11 is 0. The minimum absolute atomic E-state index is 0.00897. The third-order valence-corrected chi connectivity index (χ3v) is 2.31. The Hall–Kier alpha value is -1.18. The first-order chi connectivity index (χ1) is 7.60. The average molecular weight is 232 g/mol. The van der Waals surface area contributed by atoms with Crippen LogP contribution in [-0.2, 0) is 19.1 Å². The number of carboxylic acids is 1. The standard InChI is InChI=1S/C9H16N2O5/c10-2-4-15-5-7(12)11-9(8(13)14)1-3-16-6-9/h1-6,10H2,(H,11,12)(H,13,14). The maximum atomic E-state index is 11.4. The normalized spacial score (nSPS) is 24.3. The second-order valence-electron chi connectivity index (χ2n) is 3.58. The van der Waals surface area contributed by atoms with Crippen molar-refractivity contribution in [2.75, 3.05) is 33.0 Å². The molecule has 0 radical (unpaired) electrons. The number of carbonyl (C=O) groups excluding carboxylic acids is 1. The van der Waals surface area contributed by atoms with Crippen LogP contribution in [0.4, 0.5) is 0 Å². The molecule has 0 aromatic heterocycles. The smallest absolute Gasteiger partial charge is 0.331 e. The van der Waals surface area contributed by atoms with Crippen LogP contribution in [0.5, 0.6) is 0 Å². The van der Waals surface area contributed by atoms with Crippen molar-refractivity contribution in [2.45, 2.75) is 12.0 Å². The van der Waals surface area contributed by atoms with E-state index >= 15 is 0 Å². The third-order valence-electron chi connectivity index (χ3n) is 2.31. The summed E-state index contributed by atoms with van der Waals surface area (Å²) in [5, 5.41) is 11.5. The molecule has 1 saturated heterocycles. The molecule has 0 saturated carbocycles. The molecule has 0 bridgehead atoms. The predicted molar refractivity (Wildman–Crippen MR) is 53.8 cm³/mol. The topological polar surface area (TPSA) is 111 Å². The van der Waals surface area contributed by atoms with Gasteiger partial charge in [-0.2, -0.15) is 0 Å². The molecule has 1 unspecified atom stereocenters. The fourth-order valence-corrected chi connectivity index (χ4v) is 1.44. The first kappa shape index (κ1) is 12.9. The molecule has 0 aromatic carbocycles. The number of hydrogen-bond acceptors (Lipinski definition) is 5. The monoisotopic (exact) mass is 232 g/mol. The largest absolute Gasteiger partial charge is 0.479 e. The van der Waals surface area contributed by atoms with Gasteiger partial charge in [0.25, 0.3) is 0 Å². The summed E-state index contributed by atoms with van der Waals surface area (Å²) in [6.07, 6.45) is 0.269. The summed E-state index contributed by atoms with van der Waals surface area (Å²) in [4.78, 5) is 22.4. The highest BCUT2D eigenvalue weighted by molar-refractivity contribution is 5.87. The van der Waals surface area contributed by atoms with Crippen molar-refractivity contribution in [2.24, 2.45) is 5.73 Å². The third kappa shape index (κ3) is 3.16. The summed E-state index contributed by atoms with van der Waals surface area (Å²) in [5.41, 5.74) is 3.88. The Morgan fingerprint density at radius 2 is 2.31 bits per heavy atom. The molecule has 1 rings (SSSR count). The van der Waals surface area contributed by atoms with E-state index in [-0.39, 0.29) is 26.2 Å². The lowest BCUT2D eigenvalue weighted by Gasteiger charge is -2.23. The van der Waals surface area contributed by atoms with Gasteiger partial charge in [-0.25, -0.2) is 4.79 Å². The van der Waals surface area contributed by atoms with Crippen molar-refractivity contribution in [3.63, 3.8) is 0 Å². The van der Waals surface area contributed by atoms with E-state index in [0.717, 1.165) is 0 Å². The summed E-state index contributed by atoms with van der Waals surface area (Å²) in [7, 11) is 0. The van der Waals surface area contributed by atoms with Gasteiger partial charge >= 0.3 is 5.97 Å². The molecule has 1 amide bonds. The fourth-order valence-electron chi connectivity index (χ4n) is 1.44. The van der Waals surface area contributed by atoms with Crippen molar-refractivity contribution < 1.29 is 24.2 Å². The molecule has 92 valence electrons. The first-order valence-corrected chi connectivity index (χ1v) is 5.01. The van der Waals surface area contributed by atoms with Gasteiger partial charge in [-0.15, -0.1) is 0 Å². The van der Waals surface area contributed by atoms with Gasteiger partial charge < -0.3 is 25.6 Å². The molecule has 1 aliphatic heterocycles. The van der Waals surface area contributed by atoms with E-state index < -0.39 is 17.4 Å². The second kappa shape index (κ2) is 5.78. The number of aliphatic carboxylic acids is 1. The van der Waals surface area contributed by atoms with Gasteiger partial charge in [0.2, 0.25) is 5.91 Å². The Morgan fingerprint density at radius 1 is 1.56 bits per heavy atom. The number of rotatable bonds is 6. The number of ether oxygens (including phenoxy) is 2. The van der Waals surface area contributed by atoms with Crippen LogP contribution in [0.15, 0.2) is 0 Å². The van der Waals surface area contributed by atoms with Crippen LogP contribution >= 0.6 is 0 Å². The van der Waals surface area contributed by atoms with Gasteiger partial charge in [-0.1, -0.05) is 0 Å². The van der Waals surface area contributed by atoms with Crippen molar-refractivity contribution in [3.05, 3.63) is 0 Å². The number of carboxylic acid groups (broad SMARTS) is 1. The second-order valence-corrected chi connectivity index (χ2v) is 3.58. The van der Waals surface area contributed by atoms with Gasteiger partial charge in [0.1, 0.15) is 6.61 Å². The van der Waals surface area contributed by atoms with Crippen LogP contribution in [0.2, 0.25) is 0 Å². The number of amides is 1. The Bertz CT molecular complexity index is 263. The van der Waals surface area contributed by atoms with Crippen LogP contribution in [-0.4, -0.2) is 55.5 Å². The molecule has 1 aliphatic rings. The zero-order valence-electron chi connectivity index (χ0n) is 8.90. The Balaban J connectivity index is 2.43. The number of hydrogen-bond donors (Lipinski definition) is 3. The molecule has 1 heterocycles. The summed E-state index contributed by atoms with van der Waals surface area (Å²) < 4.78 is 9.90. The fraction of sp³-hybridized carbons (Fsp3) is 0.778. The van der Waals surface area contributed by atoms with Crippen LogP contribution < -0.4 is 11.1 Å².